The van der Waals surface area contributed by atoms with Gasteiger partial charge in [0.05, 0.1) is 48.4 Å². The summed E-state index contributed by atoms with van der Waals surface area (Å²) >= 11 is 0. The van der Waals surface area contributed by atoms with E-state index in [1.165, 1.54) is 24.8 Å². The summed E-state index contributed by atoms with van der Waals surface area (Å²) < 4.78 is 18.6. The first-order valence-corrected chi connectivity index (χ1v) is 16.7. The van der Waals surface area contributed by atoms with Crippen LogP contribution in [0.15, 0.2) is 98.1 Å². The van der Waals surface area contributed by atoms with E-state index in [4.69, 9.17) is 0 Å². The summed E-state index contributed by atoms with van der Waals surface area (Å²) in [6.45, 7) is 2.32. The molecule has 0 N–H and O–H groups in total. The molecule has 0 aromatic carbocycles. The largest absolute Gasteiger partial charge is 0.447 e. The average Bonchev–Trinajstić information content (AvgIpc) is 4.08. The van der Waals surface area contributed by atoms with Crippen LogP contribution in [0.2, 0.25) is 0 Å². The van der Waals surface area contributed by atoms with E-state index in [0.29, 0.717) is 48.4 Å². The number of imide groups is 4. The van der Waals surface area contributed by atoms with Crippen LogP contribution in [0.5, 0.6) is 0 Å². The first-order chi connectivity index (χ1) is 27.2. The maximum atomic E-state index is 11.6. The number of aromatic nitrogens is 4. The summed E-state index contributed by atoms with van der Waals surface area (Å²) in [7, 11) is 0. The van der Waals surface area contributed by atoms with E-state index in [1.807, 2.05) is 0 Å². The first-order valence-electron chi connectivity index (χ1n) is 16.7. The Morgan fingerprint density at radius 3 is 0.750 bits per heavy atom. The van der Waals surface area contributed by atoms with E-state index in [0.717, 1.165) is 19.6 Å². The molecule has 0 spiro atoms. The predicted molar refractivity (Wildman–Crippen MR) is 186 cm³/mol. The van der Waals surface area contributed by atoms with Crippen LogP contribution in [0.1, 0.15) is 41.4 Å². The van der Waals surface area contributed by atoms with Crippen molar-refractivity contribution in [1.29, 1.82) is 0 Å². The highest BCUT2D eigenvalue weighted by Crippen LogP contribution is 2.12. The van der Waals surface area contributed by atoms with Crippen molar-refractivity contribution in [2.24, 2.45) is 0 Å². The number of ether oxygens (including phenoxy) is 4. The van der Waals surface area contributed by atoms with Crippen LogP contribution >= 0.6 is 0 Å². The summed E-state index contributed by atoms with van der Waals surface area (Å²) in [5.41, 5.74) is 1.58. The Bertz CT molecular complexity index is 1750. The van der Waals surface area contributed by atoms with E-state index in [9.17, 15) is 38.4 Å². The third-order valence-corrected chi connectivity index (χ3v) is 7.66. The van der Waals surface area contributed by atoms with Crippen molar-refractivity contribution < 1.29 is 57.3 Å². The number of amides is 8. The molecule has 0 atom stereocenters. The molecule has 8 heterocycles. The highest BCUT2D eigenvalue weighted by molar-refractivity contribution is 6.05. The third kappa shape index (κ3) is 10.3. The monoisotopic (exact) mass is 768 g/mol. The predicted octanol–water partition coefficient (Wildman–Crippen LogP) is 2.70. The average molecular weight is 769 g/mol. The van der Waals surface area contributed by atoms with Crippen LogP contribution in [0.25, 0.3) is 0 Å². The summed E-state index contributed by atoms with van der Waals surface area (Å²) in [4.78, 5) is 110. The molecule has 8 amide bonds. The minimum Gasteiger partial charge on any atom is -0.447 e. The maximum absolute atomic E-state index is 11.6. The molecule has 0 aliphatic carbocycles. The number of pyridine rings is 4. The fourth-order valence-corrected chi connectivity index (χ4v) is 4.89. The molecule has 4 aliphatic heterocycles. The van der Waals surface area contributed by atoms with Gasteiger partial charge in [-0.05, 0) is 48.5 Å². The lowest BCUT2D eigenvalue weighted by Gasteiger charge is -2.09. The Morgan fingerprint density at radius 2 is 0.607 bits per heavy atom. The molecule has 4 fully saturated rings. The van der Waals surface area contributed by atoms with Crippen molar-refractivity contribution in [3.05, 3.63) is 120 Å². The number of carbonyl (C=O) groups is 8. The highest BCUT2D eigenvalue weighted by Gasteiger charge is 2.31. The van der Waals surface area contributed by atoms with Crippen molar-refractivity contribution in [2.75, 3.05) is 52.6 Å². The lowest BCUT2D eigenvalue weighted by atomic mass is 10.2. The molecule has 4 aliphatic rings. The molecule has 20 nitrogen and oxygen atoms in total. The summed E-state index contributed by atoms with van der Waals surface area (Å²) in [6, 6.07) is 13.0. The normalized spacial score (nSPS) is 15.4. The Hall–Kier alpha value is -7.64. The van der Waals surface area contributed by atoms with Gasteiger partial charge in [-0.2, -0.15) is 0 Å². The molecule has 4 aromatic rings. The second-order valence-electron chi connectivity index (χ2n) is 11.3. The molecular weight excluding hydrogens is 736 g/mol. The van der Waals surface area contributed by atoms with Gasteiger partial charge in [-0.15, -0.1) is 0 Å². The number of rotatable bonds is 4. The minimum atomic E-state index is -0.584. The van der Waals surface area contributed by atoms with Crippen LogP contribution in [0.3, 0.4) is 0 Å². The van der Waals surface area contributed by atoms with Gasteiger partial charge in [0.15, 0.2) is 0 Å². The van der Waals surface area contributed by atoms with Crippen LogP contribution < -0.4 is 0 Å². The zero-order valence-electron chi connectivity index (χ0n) is 29.4. The van der Waals surface area contributed by atoms with Gasteiger partial charge >= 0.3 is 24.4 Å². The Morgan fingerprint density at radius 1 is 0.393 bits per heavy atom. The van der Waals surface area contributed by atoms with Crippen molar-refractivity contribution in [3.63, 3.8) is 0 Å². The van der Waals surface area contributed by atoms with Crippen molar-refractivity contribution in [2.45, 2.75) is 0 Å². The second kappa shape index (κ2) is 19.4. The molecule has 288 valence electrons. The summed E-state index contributed by atoms with van der Waals surface area (Å²) in [5, 5.41) is 0. The van der Waals surface area contributed by atoms with Gasteiger partial charge in [0.25, 0.3) is 23.6 Å². The third-order valence-electron chi connectivity index (χ3n) is 7.66. The van der Waals surface area contributed by atoms with Crippen molar-refractivity contribution in [1.82, 2.24) is 39.5 Å². The molecule has 56 heavy (non-hydrogen) atoms. The smallest absolute Gasteiger partial charge is 0.416 e. The van der Waals surface area contributed by atoms with Gasteiger partial charge in [0.2, 0.25) is 0 Å². The summed E-state index contributed by atoms with van der Waals surface area (Å²) in [6.07, 6.45) is 9.63. The number of nitrogens with zero attached hydrogens (tertiary/aromatic N) is 8. The quantitative estimate of drug-likeness (QED) is 0.271. The van der Waals surface area contributed by atoms with Gasteiger partial charge in [-0.25, -0.2) is 38.8 Å². The minimum absolute atomic E-state index is 0.269. The molecule has 20 heteroatoms. The molecule has 4 saturated heterocycles. The summed E-state index contributed by atoms with van der Waals surface area (Å²) in [5.74, 6) is -1.44. The van der Waals surface area contributed by atoms with E-state index in [1.54, 1.807) is 73.3 Å². The fourth-order valence-electron chi connectivity index (χ4n) is 4.89. The van der Waals surface area contributed by atoms with Crippen molar-refractivity contribution >= 4 is 48.0 Å². The van der Waals surface area contributed by atoms with E-state index >= 15 is 0 Å². The Balaban J connectivity index is 0.000000143. The number of cyclic esters (lactones) is 4. The molecule has 4 aromatic heterocycles. The van der Waals surface area contributed by atoms with Crippen LogP contribution in [0.4, 0.5) is 19.2 Å². The molecule has 0 bridgehead atoms. The van der Waals surface area contributed by atoms with Gasteiger partial charge in [-0.1, -0.05) is 0 Å². The first kappa shape index (κ1) is 39.6. The Kier molecular flexibility index (Phi) is 13.7. The van der Waals surface area contributed by atoms with Gasteiger partial charge < -0.3 is 18.9 Å². The van der Waals surface area contributed by atoms with E-state index < -0.39 is 24.4 Å². The lowest BCUT2D eigenvalue weighted by Crippen LogP contribution is -2.31. The second-order valence-corrected chi connectivity index (χ2v) is 11.3. The zero-order chi connectivity index (χ0) is 39.9. The van der Waals surface area contributed by atoms with Gasteiger partial charge in [0.1, 0.15) is 26.4 Å². The number of carbonyl (C=O) groups excluding carboxylic acids is 8. The van der Waals surface area contributed by atoms with E-state index in [2.05, 4.69) is 38.9 Å². The number of hydrogen-bond donors (Lipinski definition) is 0. The van der Waals surface area contributed by atoms with Gasteiger partial charge in [0, 0.05) is 49.6 Å². The standard InChI is InChI=1S/4C9H8N2O3/c4*12-8(7-2-1-3-10-6-7)11-4-5-14-9(11)13/h4*1-3,6H,4-5H2. The van der Waals surface area contributed by atoms with Crippen LogP contribution in [0, 0.1) is 0 Å². The van der Waals surface area contributed by atoms with Gasteiger partial charge in [-0.3, -0.25) is 39.1 Å². The van der Waals surface area contributed by atoms with Crippen LogP contribution in [-0.4, -0.2) is 140 Å². The zero-order valence-corrected chi connectivity index (χ0v) is 29.4. The molecular formula is C36H32N8O12. The molecule has 0 saturated carbocycles. The molecule has 0 unspecified atom stereocenters. The molecule has 8 rings (SSSR count). The SMILES string of the molecule is O=C1OCCN1C(=O)c1cccnc1.O=C1OCCN1C(=O)c1cccnc1.O=C1OCCN1C(=O)c1cccnc1.O=C1OCCN1C(=O)c1cccnc1. The maximum Gasteiger partial charge on any atom is 0.416 e. The lowest BCUT2D eigenvalue weighted by molar-refractivity contribution is 0.0797. The molecule has 0 radical (unpaired) electrons. The van der Waals surface area contributed by atoms with Crippen LogP contribution in [-0.2, 0) is 18.9 Å². The fraction of sp³-hybridized carbons (Fsp3) is 0.222. The van der Waals surface area contributed by atoms with Crippen molar-refractivity contribution in [3.8, 4) is 0 Å². The number of hydrogen-bond acceptors (Lipinski definition) is 16. The topological polar surface area (TPSA) is 238 Å². The Labute approximate surface area is 317 Å². The highest BCUT2D eigenvalue weighted by atomic mass is 16.6. The van der Waals surface area contributed by atoms with E-state index in [-0.39, 0.29) is 50.1 Å².